The third-order valence-corrected chi connectivity index (χ3v) is 5.30. The topological polar surface area (TPSA) is 95.3 Å². The van der Waals surface area contributed by atoms with Crippen molar-refractivity contribution >= 4 is 16.7 Å². The van der Waals surface area contributed by atoms with Crippen LogP contribution in [0, 0.1) is 0 Å². The van der Waals surface area contributed by atoms with E-state index in [-0.39, 0.29) is 24.6 Å². The number of carbonyl (C=O) groups excluding carboxylic acids is 1. The van der Waals surface area contributed by atoms with Gasteiger partial charge in [-0.3, -0.25) is 14.6 Å². The molecule has 168 valence electrons. The van der Waals surface area contributed by atoms with Crippen molar-refractivity contribution in [3.63, 3.8) is 0 Å². The largest absolute Gasteiger partial charge is 0.497 e. The van der Waals surface area contributed by atoms with Crippen LogP contribution in [0.5, 0.6) is 11.5 Å². The van der Waals surface area contributed by atoms with Gasteiger partial charge in [0.15, 0.2) is 0 Å². The molecule has 2 aromatic carbocycles. The second-order valence-corrected chi connectivity index (χ2v) is 7.45. The number of hydrogen-bond donors (Lipinski definition) is 1. The van der Waals surface area contributed by atoms with Crippen molar-refractivity contribution < 1.29 is 14.3 Å². The van der Waals surface area contributed by atoms with Gasteiger partial charge in [0.1, 0.15) is 18.0 Å². The molecule has 0 saturated carbocycles. The minimum atomic E-state index is -0.329. The van der Waals surface area contributed by atoms with Gasteiger partial charge in [-0.15, -0.1) is 0 Å². The number of nitrogens with zero attached hydrogens (tertiary/aromatic N) is 3. The zero-order valence-electron chi connectivity index (χ0n) is 18.4. The maximum absolute atomic E-state index is 13.0. The minimum Gasteiger partial charge on any atom is -0.497 e. The van der Waals surface area contributed by atoms with Crippen molar-refractivity contribution in [2.24, 2.45) is 0 Å². The first-order valence-electron chi connectivity index (χ1n) is 10.4. The second-order valence-electron chi connectivity index (χ2n) is 7.45. The molecule has 0 unspecified atom stereocenters. The maximum Gasteiger partial charge on any atom is 0.275 e. The Hall–Kier alpha value is -4.20. The van der Waals surface area contributed by atoms with E-state index in [2.05, 4.69) is 15.4 Å². The standard InChI is InChI=1S/C25H24N4O4/c1-32-19-10-9-18(23(13-19)33-2)15-27-24(30)16-29-25(31)21-8-4-3-7-20(21)22(28-29)12-17-6-5-11-26-14-17/h3-11,13-14H,12,15-16H2,1-2H3,(H,27,30). The van der Waals surface area contributed by atoms with Crippen LogP contribution in [0.25, 0.3) is 10.8 Å². The van der Waals surface area contributed by atoms with Crippen LogP contribution in [0.1, 0.15) is 16.8 Å². The number of pyridine rings is 1. The van der Waals surface area contributed by atoms with Gasteiger partial charge >= 0.3 is 0 Å². The highest BCUT2D eigenvalue weighted by Gasteiger charge is 2.14. The van der Waals surface area contributed by atoms with Crippen molar-refractivity contribution in [2.45, 2.75) is 19.5 Å². The number of nitrogens with one attached hydrogen (secondary N) is 1. The van der Waals surface area contributed by atoms with Crippen LogP contribution >= 0.6 is 0 Å². The molecule has 4 rings (SSSR count). The molecule has 0 saturated heterocycles. The second kappa shape index (κ2) is 9.95. The van der Waals surface area contributed by atoms with Crippen LogP contribution in [0.3, 0.4) is 0 Å². The maximum atomic E-state index is 13.0. The number of methoxy groups -OCH3 is 2. The number of rotatable bonds is 8. The SMILES string of the molecule is COc1ccc(CNC(=O)Cn2nc(Cc3cccnc3)c3ccccc3c2=O)c(OC)c1. The number of amides is 1. The zero-order chi connectivity index (χ0) is 23.2. The van der Waals surface area contributed by atoms with Gasteiger partial charge in [-0.2, -0.15) is 5.10 Å². The first kappa shape index (κ1) is 22.0. The molecular formula is C25H24N4O4. The highest BCUT2D eigenvalue weighted by molar-refractivity contribution is 5.84. The fourth-order valence-electron chi connectivity index (χ4n) is 3.62. The van der Waals surface area contributed by atoms with Crippen molar-refractivity contribution in [3.05, 3.63) is 94.2 Å². The molecule has 8 heteroatoms. The molecule has 2 aromatic heterocycles. The normalized spacial score (nSPS) is 10.7. The molecule has 1 N–H and O–H groups in total. The number of carbonyl (C=O) groups is 1. The average molecular weight is 444 g/mol. The predicted molar refractivity (Wildman–Crippen MR) is 124 cm³/mol. The lowest BCUT2D eigenvalue weighted by Gasteiger charge is -2.13. The molecule has 0 aliphatic rings. The Labute approximate surface area is 190 Å². The molecular weight excluding hydrogens is 420 g/mol. The van der Waals surface area contributed by atoms with Crippen molar-refractivity contribution in [2.75, 3.05) is 14.2 Å². The summed E-state index contributed by atoms with van der Waals surface area (Å²) in [5, 5.41) is 8.65. The molecule has 0 radical (unpaired) electrons. The molecule has 0 spiro atoms. The summed E-state index contributed by atoms with van der Waals surface area (Å²) in [6.07, 6.45) is 3.97. The van der Waals surface area contributed by atoms with Gasteiger partial charge in [-0.1, -0.05) is 24.3 Å². The molecule has 1 amide bonds. The van der Waals surface area contributed by atoms with Gasteiger partial charge < -0.3 is 14.8 Å². The summed E-state index contributed by atoms with van der Waals surface area (Å²) in [6, 6.07) is 16.5. The van der Waals surface area contributed by atoms with Gasteiger partial charge in [-0.25, -0.2) is 4.68 Å². The predicted octanol–water partition coefficient (Wildman–Crippen LogP) is 2.72. The fourth-order valence-corrected chi connectivity index (χ4v) is 3.62. The lowest BCUT2D eigenvalue weighted by molar-refractivity contribution is -0.122. The lowest BCUT2D eigenvalue weighted by atomic mass is 10.1. The van der Waals surface area contributed by atoms with E-state index < -0.39 is 0 Å². The van der Waals surface area contributed by atoms with Crippen molar-refractivity contribution in [1.82, 2.24) is 20.1 Å². The van der Waals surface area contributed by atoms with E-state index in [9.17, 15) is 9.59 Å². The number of aromatic nitrogens is 3. The van der Waals surface area contributed by atoms with Crippen LogP contribution in [0.15, 0.2) is 71.8 Å². The summed E-state index contributed by atoms with van der Waals surface area (Å²) in [7, 11) is 3.13. The number of hydrogen-bond acceptors (Lipinski definition) is 6. The van der Waals surface area contributed by atoms with Gasteiger partial charge in [-0.05, 0) is 29.8 Å². The smallest absolute Gasteiger partial charge is 0.275 e. The summed E-state index contributed by atoms with van der Waals surface area (Å²) in [5.74, 6) is 0.939. The van der Waals surface area contributed by atoms with E-state index in [0.717, 1.165) is 16.5 Å². The van der Waals surface area contributed by atoms with E-state index in [1.54, 1.807) is 50.9 Å². The van der Waals surface area contributed by atoms with E-state index in [0.29, 0.717) is 29.0 Å². The Morgan fingerprint density at radius 1 is 1.03 bits per heavy atom. The van der Waals surface area contributed by atoms with Crippen LogP contribution < -0.4 is 20.3 Å². The minimum absolute atomic E-state index is 0.192. The van der Waals surface area contributed by atoms with Gasteiger partial charge in [0.2, 0.25) is 5.91 Å². The summed E-state index contributed by atoms with van der Waals surface area (Å²) in [5.41, 5.74) is 2.17. The summed E-state index contributed by atoms with van der Waals surface area (Å²) in [4.78, 5) is 29.8. The average Bonchev–Trinajstić information content (AvgIpc) is 2.86. The first-order valence-corrected chi connectivity index (χ1v) is 10.4. The fraction of sp³-hybridized carbons (Fsp3) is 0.200. The van der Waals surface area contributed by atoms with Crippen LogP contribution in [-0.4, -0.2) is 34.9 Å². The molecule has 0 bridgehead atoms. The third-order valence-electron chi connectivity index (χ3n) is 5.30. The van der Waals surface area contributed by atoms with E-state index >= 15 is 0 Å². The van der Waals surface area contributed by atoms with E-state index in [4.69, 9.17) is 9.47 Å². The molecule has 33 heavy (non-hydrogen) atoms. The van der Waals surface area contributed by atoms with Crippen LogP contribution in [0.4, 0.5) is 0 Å². The molecule has 0 atom stereocenters. The summed E-state index contributed by atoms with van der Waals surface area (Å²) in [6.45, 7) is 0.0546. The molecule has 2 heterocycles. The van der Waals surface area contributed by atoms with Gasteiger partial charge in [0.05, 0.1) is 25.3 Å². The van der Waals surface area contributed by atoms with E-state index in [1.165, 1.54) is 4.68 Å². The zero-order valence-corrected chi connectivity index (χ0v) is 18.4. The highest BCUT2D eigenvalue weighted by Crippen LogP contribution is 2.24. The number of benzene rings is 2. The van der Waals surface area contributed by atoms with E-state index in [1.807, 2.05) is 30.3 Å². The van der Waals surface area contributed by atoms with Crippen LogP contribution in [-0.2, 0) is 24.3 Å². The lowest BCUT2D eigenvalue weighted by Crippen LogP contribution is -2.34. The van der Waals surface area contributed by atoms with Crippen LogP contribution in [0.2, 0.25) is 0 Å². The third kappa shape index (κ3) is 5.01. The molecule has 0 aliphatic carbocycles. The number of ether oxygens (including phenoxy) is 2. The molecule has 8 nitrogen and oxygen atoms in total. The first-order chi connectivity index (χ1) is 16.1. The Kier molecular flexibility index (Phi) is 6.64. The molecule has 0 fully saturated rings. The Morgan fingerprint density at radius 3 is 2.58 bits per heavy atom. The Bertz CT molecular complexity index is 1340. The van der Waals surface area contributed by atoms with Gasteiger partial charge in [0, 0.05) is 42.4 Å². The monoisotopic (exact) mass is 444 g/mol. The summed E-state index contributed by atoms with van der Waals surface area (Å²) >= 11 is 0. The summed E-state index contributed by atoms with van der Waals surface area (Å²) < 4.78 is 11.8. The molecule has 4 aromatic rings. The van der Waals surface area contributed by atoms with Crippen molar-refractivity contribution in [1.29, 1.82) is 0 Å². The Balaban J connectivity index is 1.56. The number of fused-ring (bicyclic) bond motifs is 1. The van der Waals surface area contributed by atoms with Crippen molar-refractivity contribution in [3.8, 4) is 11.5 Å². The van der Waals surface area contributed by atoms with Gasteiger partial charge in [0.25, 0.3) is 5.56 Å². The Morgan fingerprint density at radius 2 is 1.85 bits per heavy atom. The highest BCUT2D eigenvalue weighted by atomic mass is 16.5. The quantitative estimate of drug-likeness (QED) is 0.449. The molecule has 0 aliphatic heterocycles.